The highest BCUT2D eigenvalue weighted by molar-refractivity contribution is 6.10. The van der Waals surface area contributed by atoms with Gasteiger partial charge in [0, 0.05) is 11.8 Å². The van der Waals surface area contributed by atoms with Crippen molar-refractivity contribution in [3.63, 3.8) is 0 Å². The maximum Gasteiger partial charge on any atom is 0.0131 e. The first kappa shape index (κ1) is 20.2. The zero-order chi connectivity index (χ0) is 23.2. The summed E-state index contributed by atoms with van der Waals surface area (Å²) in [6.07, 6.45) is 22.0. The molecule has 0 aliphatic heterocycles. The number of fused-ring (bicyclic) bond motifs is 5. The maximum absolute atomic E-state index is 2.42. The van der Waals surface area contributed by atoms with Gasteiger partial charge in [-0.1, -0.05) is 134 Å². The second kappa shape index (κ2) is 8.25. The number of hydrogen-bond donors (Lipinski definition) is 0. The Hall–Kier alpha value is -4.16. The summed E-state index contributed by atoms with van der Waals surface area (Å²) in [7, 11) is 0. The van der Waals surface area contributed by atoms with E-state index in [4.69, 9.17) is 0 Å². The second-order valence-corrected chi connectivity index (χ2v) is 9.58. The molecule has 35 heavy (non-hydrogen) atoms. The third-order valence-corrected chi connectivity index (χ3v) is 7.67. The summed E-state index contributed by atoms with van der Waals surface area (Å²) in [4.78, 5) is 0. The summed E-state index contributed by atoms with van der Waals surface area (Å²) in [6, 6.07) is 28.7. The van der Waals surface area contributed by atoms with Gasteiger partial charge in [-0.3, -0.25) is 0 Å². The molecule has 166 valence electrons. The molecule has 0 bridgehead atoms. The first-order chi connectivity index (χ1) is 17.4. The standard InChI is InChI=1S/C35H26/c1-3-13-25(14-4-1)34-30-16-5-2-6-17-32(30)35(33-19-10-9-18-31(33)34)29-21-11-20-27-26-15-8-7-12-24(26)22-23-28(27)29/h1,3-23,27-28H,2H2. The summed E-state index contributed by atoms with van der Waals surface area (Å²) < 4.78 is 0. The molecule has 0 heteroatoms. The SMILES string of the molecule is C1=CC2c3ccccc3C=CC2C(c2c3c(c(-c4ccccc4)c4ccccc24)C=CCC=C3)=C1. The lowest BCUT2D eigenvalue weighted by atomic mass is 9.70. The molecule has 2 unspecified atom stereocenters. The van der Waals surface area contributed by atoms with Gasteiger partial charge in [-0.05, 0) is 61.7 Å². The van der Waals surface area contributed by atoms with Crippen molar-refractivity contribution in [3.8, 4) is 11.1 Å². The Morgan fingerprint density at radius 1 is 0.571 bits per heavy atom. The van der Waals surface area contributed by atoms with Gasteiger partial charge in [0.05, 0.1) is 0 Å². The Labute approximate surface area is 207 Å². The van der Waals surface area contributed by atoms with Gasteiger partial charge < -0.3 is 0 Å². The Balaban J connectivity index is 1.54. The van der Waals surface area contributed by atoms with Gasteiger partial charge >= 0.3 is 0 Å². The molecule has 2 atom stereocenters. The van der Waals surface area contributed by atoms with E-state index >= 15 is 0 Å². The lowest BCUT2D eigenvalue weighted by Crippen LogP contribution is -2.18. The molecule has 3 aliphatic rings. The fourth-order valence-corrected chi connectivity index (χ4v) is 6.15. The molecule has 0 heterocycles. The van der Waals surface area contributed by atoms with E-state index in [0.717, 1.165) is 6.42 Å². The van der Waals surface area contributed by atoms with Crippen molar-refractivity contribution in [2.75, 3.05) is 0 Å². The summed E-state index contributed by atoms with van der Waals surface area (Å²) in [5, 5.41) is 2.65. The highest BCUT2D eigenvalue weighted by atomic mass is 14.3. The van der Waals surface area contributed by atoms with Crippen LogP contribution in [0.15, 0.2) is 115 Å². The lowest BCUT2D eigenvalue weighted by Gasteiger charge is -2.33. The molecular weight excluding hydrogens is 420 g/mol. The van der Waals surface area contributed by atoms with Gasteiger partial charge in [0.2, 0.25) is 0 Å². The Morgan fingerprint density at radius 2 is 1.26 bits per heavy atom. The molecule has 4 aromatic rings. The molecular formula is C35H26. The van der Waals surface area contributed by atoms with Crippen LogP contribution in [0.25, 0.3) is 45.7 Å². The molecule has 7 rings (SSSR count). The molecule has 0 amide bonds. The van der Waals surface area contributed by atoms with Crippen LogP contribution in [0.5, 0.6) is 0 Å². The lowest BCUT2D eigenvalue weighted by molar-refractivity contribution is 0.710. The molecule has 0 aromatic heterocycles. The average molecular weight is 447 g/mol. The van der Waals surface area contributed by atoms with Crippen LogP contribution < -0.4 is 0 Å². The van der Waals surface area contributed by atoms with Crippen molar-refractivity contribution >= 4 is 34.6 Å². The van der Waals surface area contributed by atoms with E-state index in [-0.39, 0.29) is 0 Å². The second-order valence-electron chi connectivity index (χ2n) is 9.58. The van der Waals surface area contributed by atoms with Crippen molar-refractivity contribution in [3.05, 3.63) is 143 Å². The minimum atomic E-state index is 0.325. The van der Waals surface area contributed by atoms with Crippen LogP contribution in [0.4, 0.5) is 0 Å². The quantitative estimate of drug-likeness (QED) is 0.288. The zero-order valence-corrected chi connectivity index (χ0v) is 19.6. The van der Waals surface area contributed by atoms with E-state index in [1.165, 1.54) is 55.3 Å². The average Bonchev–Trinajstić information content (AvgIpc) is 3.18. The van der Waals surface area contributed by atoms with Crippen LogP contribution in [-0.2, 0) is 0 Å². The smallest absolute Gasteiger partial charge is 0.0131 e. The van der Waals surface area contributed by atoms with Crippen LogP contribution in [0.3, 0.4) is 0 Å². The summed E-state index contributed by atoms with van der Waals surface area (Å²) in [6.45, 7) is 0. The molecule has 0 N–H and O–H groups in total. The minimum absolute atomic E-state index is 0.325. The number of hydrogen-bond acceptors (Lipinski definition) is 0. The molecule has 0 radical (unpaired) electrons. The molecule has 4 aromatic carbocycles. The Kier molecular flexibility index (Phi) is 4.77. The van der Waals surface area contributed by atoms with Crippen LogP contribution in [0.1, 0.15) is 40.2 Å². The zero-order valence-electron chi connectivity index (χ0n) is 19.6. The normalized spacial score (nSPS) is 19.6. The summed E-state index contributed by atoms with van der Waals surface area (Å²) in [5.41, 5.74) is 10.8. The van der Waals surface area contributed by atoms with Gasteiger partial charge in [-0.15, -0.1) is 0 Å². The molecule has 0 spiro atoms. The molecule has 3 aliphatic carbocycles. The highest BCUT2D eigenvalue weighted by Crippen LogP contribution is 2.49. The molecule has 0 nitrogen and oxygen atoms in total. The van der Waals surface area contributed by atoms with Crippen molar-refractivity contribution in [2.45, 2.75) is 12.3 Å². The van der Waals surface area contributed by atoms with E-state index in [9.17, 15) is 0 Å². The van der Waals surface area contributed by atoms with Gasteiger partial charge in [0.25, 0.3) is 0 Å². The van der Waals surface area contributed by atoms with Crippen LogP contribution in [0, 0.1) is 5.92 Å². The van der Waals surface area contributed by atoms with Crippen molar-refractivity contribution < 1.29 is 0 Å². The van der Waals surface area contributed by atoms with Gasteiger partial charge in [0.15, 0.2) is 0 Å². The number of allylic oxidation sites excluding steroid dienone is 7. The molecule has 0 fully saturated rings. The first-order valence-corrected chi connectivity index (χ1v) is 12.5. The third kappa shape index (κ3) is 3.21. The summed E-state index contributed by atoms with van der Waals surface area (Å²) >= 11 is 0. The van der Waals surface area contributed by atoms with Crippen LogP contribution >= 0.6 is 0 Å². The van der Waals surface area contributed by atoms with E-state index < -0.39 is 0 Å². The van der Waals surface area contributed by atoms with E-state index in [1.807, 2.05) is 0 Å². The van der Waals surface area contributed by atoms with Crippen LogP contribution in [0.2, 0.25) is 0 Å². The first-order valence-electron chi connectivity index (χ1n) is 12.5. The van der Waals surface area contributed by atoms with Crippen LogP contribution in [-0.4, -0.2) is 0 Å². The predicted molar refractivity (Wildman–Crippen MR) is 151 cm³/mol. The Morgan fingerprint density at radius 3 is 2.09 bits per heavy atom. The van der Waals surface area contributed by atoms with Gasteiger partial charge in [-0.2, -0.15) is 0 Å². The molecule has 0 saturated heterocycles. The fourth-order valence-electron chi connectivity index (χ4n) is 6.15. The fraction of sp³-hybridized carbons (Fsp3) is 0.0857. The maximum atomic E-state index is 2.42. The summed E-state index contributed by atoms with van der Waals surface area (Å²) in [5.74, 6) is 0.690. The topological polar surface area (TPSA) is 0 Å². The monoisotopic (exact) mass is 446 g/mol. The minimum Gasteiger partial charge on any atom is -0.0801 e. The van der Waals surface area contributed by atoms with Gasteiger partial charge in [0.1, 0.15) is 0 Å². The predicted octanol–water partition coefficient (Wildman–Crippen LogP) is 9.32. The largest absolute Gasteiger partial charge is 0.0801 e. The molecule has 0 saturated carbocycles. The van der Waals surface area contributed by atoms with Crippen molar-refractivity contribution in [1.29, 1.82) is 0 Å². The number of benzene rings is 4. The third-order valence-electron chi connectivity index (χ3n) is 7.67. The Bertz CT molecular complexity index is 1610. The van der Waals surface area contributed by atoms with E-state index in [2.05, 4.69) is 134 Å². The van der Waals surface area contributed by atoms with E-state index in [0.29, 0.717) is 11.8 Å². The van der Waals surface area contributed by atoms with Gasteiger partial charge in [-0.25, -0.2) is 0 Å². The van der Waals surface area contributed by atoms with E-state index in [1.54, 1.807) is 0 Å². The van der Waals surface area contributed by atoms with Crippen molar-refractivity contribution in [2.24, 2.45) is 5.92 Å². The highest BCUT2D eigenvalue weighted by Gasteiger charge is 2.32. The number of rotatable bonds is 2. The van der Waals surface area contributed by atoms with Crippen molar-refractivity contribution in [1.82, 2.24) is 0 Å².